The third-order valence-corrected chi connectivity index (χ3v) is 5.66. The van der Waals surface area contributed by atoms with Crippen LogP contribution in [0.2, 0.25) is 0 Å². The largest absolute Gasteiger partial charge is 0.445 e. The Labute approximate surface area is 227 Å². The molecule has 2 aromatic heterocycles. The number of hydrogen-bond acceptors (Lipinski definition) is 5. The van der Waals surface area contributed by atoms with E-state index in [-0.39, 0.29) is 12.6 Å². The maximum atomic E-state index is 12.6. The highest BCUT2D eigenvalue weighted by atomic mass is 16.5. The average molecular weight is 515 g/mol. The molecule has 1 atom stereocenters. The topological polar surface area (TPSA) is 77.0 Å². The summed E-state index contributed by atoms with van der Waals surface area (Å²) in [5.41, 5.74) is 4.97. The monoisotopic (exact) mass is 514 g/mol. The second-order valence-corrected chi connectivity index (χ2v) is 8.74. The second-order valence-electron chi connectivity index (χ2n) is 8.74. The number of aromatic nitrogens is 3. The lowest BCUT2D eigenvalue weighted by Gasteiger charge is -2.20. The van der Waals surface area contributed by atoms with E-state index in [4.69, 9.17) is 14.7 Å². The van der Waals surface area contributed by atoms with Crippen LogP contribution in [0.1, 0.15) is 78.0 Å². The molecule has 0 fully saturated rings. The molecule has 2 aromatic carbocycles. The van der Waals surface area contributed by atoms with E-state index >= 15 is 0 Å². The Bertz CT molecular complexity index is 1240. The van der Waals surface area contributed by atoms with Crippen LogP contribution in [0.25, 0.3) is 22.0 Å². The molecule has 1 N–H and O–H groups in total. The number of alkyl carbamates (subject to hydrolysis) is 1. The Morgan fingerprint density at radius 2 is 1.58 bits per heavy atom. The van der Waals surface area contributed by atoms with Gasteiger partial charge in [-0.05, 0) is 59.7 Å². The Hall–Kier alpha value is -3.80. The Kier molecular flexibility index (Phi) is 12.9. The molecule has 0 saturated carbocycles. The van der Waals surface area contributed by atoms with Crippen molar-refractivity contribution in [2.24, 2.45) is 5.92 Å². The van der Waals surface area contributed by atoms with Crippen LogP contribution in [0.4, 0.5) is 4.79 Å². The van der Waals surface area contributed by atoms with Crippen molar-refractivity contribution >= 4 is 17.0 Å². The minimum atomic E-state index is -0.468. The molecule has 1 unspecified atom stereocenters. The van der Waals surface area contributed by atoms with Crippen molar-refractivity contribution in [3.05, 3.63) is 90.1 Å². The lowest BCUT2D eigenvalue weighted by Crippen LogP contribution is -2.31. The third kappa shape index (κ3) is 8.65. The van der Waals surface area contributed by atoms with Crippen LogP contribution in [0.3, 0.4) is 0 Å². The number of benzene rings is 2. The van der Waals surface area contributed by atoms with Gasteiger partial charge in [-0.25, -0.2) is 14.8 Å². The van der Waals surface area contributed by atoms with Gasteiger partial charge in [0.25, 0.3) is 0 Å². The van der Waals surface area contributed by atoms with Crippen LogP contribution in [0.15, 0.2) is 73.1 Å². The number of pyridine rings is 1. The molecule has 0 aliphatic rings. The van der Waals surface area contributed by atoms with Crippen molar-refractivity contribution in [1.82, 2.24) is 20.3 Å². The first-order valence-electron chi connectivity index (χ1n) is 13.7. The van der Waals surface area contributed by atoms with Gasteiger partial charge in [-0.3, -0.25) is 4.98 Å². The zero-order valence-corrected chi connectivity index (χ0v) is 23.9. The summed E-state index contributed by atoms with van der Waals surface area (Å²) in [5, 5.41) is 4.02. The summed E-state index contributed by atoms with van der Waals surface area (Å²) in [4.78, 5) is 26.4. The maximum absolute atomic E-state index is 12.6. The molecule has 6 nitrogen and oxygen atoms in total. The van der Waals surface area contributed by atoms with Crippen LogP contribution < -0.4 is 5.32 Å². The average Bonchev–Trinajstić information content (AvgIpc) is 2.97. The van der Waals surface area contributed by atoms with Gasteiger partial charge in [-0.1, -0.05) is 84.9 Å². The van der Waals surface area contributed by atoms with Gasteiger partial charge in [-0.15, -0.1) is 0 Å². The van der Waals surface area contributed by atoms with Crippen LogP contribution in [0.5, 0.6) is 0 Å². The summed E-state index contributed by atoms with van der Waals surface area (Å²) in [6.45, 7) is 14.5. The number of aryl methyl sites for hydroxylation is 1. The van der Waals surface area contributed by atoms with Crippen LogP contribution >= 0.6 is 0 Å². The van der Waals surface area contributed by atoms with E-state index in [1.54, 1.807) is 12.4 Å². The first-order valence-corrected chi connectivity index (χ1v) is 13.7. The van der Waals surface area contributed by atoms with Gasteiger partial charge in [0.05, 0.1) is 17.3 Å². The summed E-state index contributed by atoms with van der Waals surface area (Å²) in [5.74, 6) is 0.962. The predicted octanol–water partition coefficient (Wildman–Crippen LogP) is 8.32. The van der Waals surface area contributed by atoms with E-state index in [9.17, 15) is 4.79 Å². The first kappa shape index (κ1) is 30.4. The lowest BCUT2D eigenvalue weighted by atomic mass is 10.0. The number of amides is 1. The summed E-state index contributed by atoms with van der Waals surface area (Å²) in [6.07, 6.45) is 4.59. The normalized spacial score (nSPS) is 11.1. The van der Waals surface area contributed by atoms with Gasteiger partial charge >= 0.3 is 6.09 Å². The summed E-state index contributed by atoms with van der Waals surface area (Å²) >= 11 is 0. The molecule has 202 valence electrons. The van der Waals surface area contributed by atoms with Crippen molar-refractivity contribution in [3.63, 3.8) is 0 Å². The molecule has 6 heteroatoms. The standard InChI is InChI=1S/C28H30N4O2.2C2H6/c1-4-24-23-17-22(21-12-14-29-15-13-21)10-11-25(23)31-27(30-24)26(16-19(2)3)32-28(33)34-18-20-8-6-5-7-9-20;2*1-2/h5-15,17,19,26H,4,16,18H2,1-3H3,(H,32,33);2*1-2H3. The van der Waals surface area contributed by atoms with E-state index in [0.29, 0.717) is 18.2 Å². The number of fused-ring (bicyclic) bond motifs is 1. The molecule has 0 radical (unpaired) electrons. The van der Waals surface area contributed by atoms with Gasteiger partial charge in [-0.2, -0.15) is 0 Å². The zero-order chi connectivity index (χ0) is 27.9. The summed E-state index contributed by atoms with van der Waals surface area (Å²) < 4.78 is 5.46. The molecule has 0 saturated heterocycles. The fourth-order valence-corrected chi connectivity index (χ4v) is 3.97. The van der Waals surface area contributed by atoms with Crippen molar-refractivity contribution in [3.8, 4) is 11.1 Å². The van der Waals surface area contributed by atoms with Gasteiger partial charge in [0.2, 0.25) is 0 Å². The van der Waals surface area contributed by atoms with E-state index in [2.05, 4.69) is 43.2 Å². The van der Waals surface area contributed by atoms with Crippen LogP contribution in [-0.2, 0) is 17.8 Å². The van der Waals surface area contributed by atoms with Gasteiger partial charge in [0, 0.05) is 17.8 Å². The van der Waals surface area contributed by atoms with Gasteiger partial charge in [0.15, 0.2) is 5.82 Å². The second kappa shape index (κ2) is 16.1. The zero-order valence-electron chi connectivity index (χ0n) is 23.9. The first-order chi connectivity index (χ1) is 18.5. The van der Waals surface area contributed by atoms with Crippen molar-refractivity contribution in [1.29, 1.82) is 0 Å². The van der Waals surface area contributed by atoms with Crippen molar-refractivity contribution in [2.75, 3.05) is 0 Å². The smallest absolute Gasteiger partial charge is 0.408 e. The number of nitrogens with zero attached hydrogens (tertiary/aromatic N) is 3. The molecule has 0 bridgehead atoms. The van der Waals surface area contributed by atoms with E-state index in [0.717, 1.165) is 39.7 Å². The molecule has 38 heavy (non-hydrogen) atoms. The quantitative estimate of drug-likeness (QED) is 0.256. The number of carbonyl (C=O) groups is 1. The maximum Gasteiger partial charge on any atom is 0.408 e. The van der Waals surface area contributed by atoms with E-state index in [1.807, 2.05) is 76.2 Å². The van der Waals surface area contributed by atoms with Gasteiger partial charge in [0.1, 0.15) is 6.61 Å². The number of nitrogens with one attached hydrogen (secondary N) is 1. The minimum absolute atomic E-state index is 0.220. The SMILES string of the molecule is CC.CC.CCc1nc(C(CC(C)C)NC(=O)OCc2ccccc2)nc2ccc(-c3ccncc3)cc12. The summed E-state index contributed by atoms with van der Waals surface area (Å²) in [6, 6.07) is 19.5. The molecular formula is C32H42N4O2. The summed E-state index contributed by atoms with van der Waals surface area (Å²) in [7, 11) is 0. The van der Waals surface area contributed by atoms with Gasteiger partial charge < -0.3 is 10.1 Å². The molecule has 0 aliphatic heterocycles. The predicted molar refractivity (Wildman–Crippen MR) is 157 cm³/mol. The molecule has 0 aliphatic carbocycles. The fraction of sp³-hybridized carbons (Fsp3) is 0.375. The molecule has 4 rings (SSSR count). The molecular weight excluding hydrogens is 472 g/mol. The Balaban J connectivity index is 0.00000121. The minimum Gasteiger partial charge on any atom is -0.445 e. The molecule has 4 aromatic rings. The molecule has 1 amide bonds. The van der Waals surface area contributed by atoms with Crippen molar-refractivity contribution in [2.45, 2.75) is 74.0 Å². The lowest BCUT2D eigenvalue weighted by molar-refractivity contribution is 0.133. The number of ether oxygens (including phenoxy) is 1. The van der Waals surface area contributed by atoms with Crippen LogP contribution in [0, 0.1) is 5.92 Å². The van der Waals surface area contributed by atoms with E-state index in [1.165, 1.54) is 0 Å². The highest BCUT2D eigenvalue weighted by Crippen LogP contribution is 2.27. The number of carbonyl (C=O) groups excluding carboxylic acids is 1. The highest BCUT2D eigenvalue weighted by Gasteiger charge is 2.21. The Morgan fingerprint density at radius 1 is 0.895 bits per heavy atom. The van der Waals surface area contributed by atoms with Crippen LogP contribution in [-0.4, -0.2) is 21.0 Å². The molecule has 2 heterocycles. The highest BCUT2D eigenvalue weighted by molar-refractivity contribution is 5.86. The molecule has 0 spiro atoms. The number of hydrogen-bond donors (Lipinski definition) is 1. The fourth-order valence-electron chi connectivity index (χ4n) is 3.97. The van der Waals surface area contributed by atoms with Crippen molar-refractivity contribution < 1.29 is 9.53 Å². The third-order valence-electron chi connectivity index (χ3n) is 5.66. The number of rotatable bonds is 8. The van der Waals surface area contributed by atoms with E-state index < -0.39 is 6.09 Å². The Morgan fingerprint density at radius 3 is 2.21 bits per heavy atom.